The van der Waals surface area contributed by atoms with Crippen LogP contribution in [0.4, 0.5) is 0 Å². The van der Waals surface area contributed by atoms with Gasteiger partial charge in [0.1, 0.15) is 0 Å². The van der Waals surface area contributed by atoms with Crippen LogP contribution in [0.15, 0.2) is 11.2 Å². The van der Waals surface area contributed by atoms with Crippen molar-refractivity contribution >= 4 is 17.5 Å². The first-order chi connectivity index (χ1) is 7.70. The highest BCUT2D eigenvalue weighted by Gasteiger charge is 2.05. The monoisotopic (exact) mass is 237 g/mol. The summed E-state index contributed by atoms with van der Waals surface area (Å²) in [5, 5.41) is 16.3. The number of unbranched alkanes of at least 4 members (excludes halogenated alkanes) is 1. The summed E-state index contributed by atoms with van der Waals surface area (Å²) in [6.45, 7) is 3.91. The molecule has 5 nitrogen and oxygen atoms in total. The third kappa shape index (κ3) is 2.27. The molecule has 0 atom stereocenters. The number of hydrogen-bond acceptors (Lipinski definition) is 5. The van der Waals surface area contributed by atoms with Gasteiger partial charge in [-0.3, -0.25) is 0 Å². The van der Waals surface area contributed by atoms with E-state index in [1.165, 1.54) is 10.6 Å². The van der Waals surface area contributed by atoms with Crippen LogP contribution in [0, 0.1) is 6.92 Å². The van der Waals surface area contributed by atoms with Crippen molar-refractivity contribution in [3.05, 3.63) is 11.8 Å². The first-order valence-electron chi connectivity index (χ1n) is 5.25. The molecule has 0 fully saturated rings. The van der Waals surface area contributed by atoms with Crippen molar-refractivity contribution in [2.75, 3.05) is 5.75 Å². The minimum Gasteiger partial charge on any atom is -0.858 e. The van der Waals surface area contributed by atoms with Gasteiger partial charge in [-0.1, -0.05) is 25.1 Å². The number of rotatable bonds is 4. The highest BCUT2D eigenvalue weighted by atomic mass is 32.2. The second kappa shape index (κ2) is 4.69. The molecule has 0 N–H and O–H groups in total. The molecule has 2 aromatic heterocycles. The van der Waals surface area contributed by atoms with Gasteiger partial charge in [0, 0.05) is 11.4 Å². The number of hydrogen-bond donors (Lipinski definition) is 0. The first kappa shape index (κ1) is 11.2. The fourth-order valence-corrected chi connectivity index (χ4v) is 2.21. The van der Waals surface area contributed by atoms with Gasteiger partial charge in [-0.25, -0.2) is 9.50 Å². The van der Waals surface area contributed by atoms with Gasteiger partial charge in [0.2, 0.25) is 5.16 Å². The van der Waals surface area contributed by atoms with E-state index < -0.39 is 0 Å². The molecule has 0 aromatic carbocycles. The lowest BCUT2D eigenvalue weighted by Crippen LogP contribution is -2.03. The van der Waals surface area contributed by atoms with E-state index in [9.17, 15) is 5.11 Å². The molecule has 2 heterocycles. The van der Waals surface area contributed by atoms with E-state index in [0.717, 1.165) is 18.6 Å². The fraction of sp³-hybridized carbons (Fsp3) is 0.500. The lowest BCUT2D eigenvalue weighted by Gasteiger charge is -2.06. The summed E-state index contributed by atoms with van der Waals surface area (Å²) in [6.07, 6.45) is 2.27. The smallest absolute Gasteiger partial charge is 0.252 e. The van der Waals surface area contributed by atoms with Gasteiger partial charge in [-0.15, -0.1) is 5.10 Å². The Balaban J connectivity index is 2.26. The van der Waals surface area contributed by atoms with E-state index in [-0.39, 0.29) is 5.88 Å². The van der Waals surface area contributed by atoms with Crippen molar-refractivity contribution in [1.29, 1.82) is 0 Å². The Morgan fingerprint density at radius 2 is 2.25 bits per heavy atom. The summed E-state index contributed by atoms with van der Waals surface area (Å²) >= 11 is 1.56. The molecule has 2 rings (SSSR count). The van der Waals surface area contributed by atoms with E-state index in [4.69, 9.17) is 0 Å². The zero-order chi connectivity index (χ0) is 11.5. The second-order valence-electron chi connectivity index (χ2n) is 3.54. The lowest BCUT2D eigenvalue weighted by molar-refractivity contribution is -0.277. The molecular weight excluding hydrogens is 224 g/mol. The Morgan fingerprint density at radius 3 is 3.00 bits per heavy atom. The summed E-state index contributed by atoms with van der Waals surface area (Å²) in [5.41, 5.74) is 0.676. The predicted molar refractivity (Wildman–Crippen MR) is 60.6 cm³/mol. The van der Waals surface area contributed by atoms with E-state index in [0.29, 0.717) is 16.6 Å². The van der Waals surface area contributed by atoms with Gasteiger partial charge in [-0.05, 0) is 25.3 Å². The SMILES string of the molecule is CCCCSc1nc2nc(C)cc([O-])n2n1. The highest BCUT2D eigenvalue weighted by molar-refractivity contribution is 7.99. The fourth-order valence-electron chi connectivity index (χ4n) is 1.30. The van der Waals surface area contributed by atoms with Crippen LogP contribution < -0.4 is 5.11 Å². The Hall–Kier alpha value is -1.30. The summed E-state index contributed by atoms with van der Waals surface area (Å²) < 4.78 is 1.25. The van der Waals surface area contributed by atoms with Gasteiger partial charge >= 0.3 is 0 Å². The van der Waals surface area contributed by atoms with Crippen molar-refractivity contribution in [2.24, 2.45) is 0 Å². The quantitative estimate of drug-likeness (QED) is 0.594. The van der Waals surface area contributed by atoms with Crippen molar-refractivity contribution < 1.29 is 5.11 Å². The number of thioether (sulfide) groups is 1. The molecule has 0 amide bonds. The standard InChI is InChI=1S/C10H14N4OS/c1-3-4-5-16-10-12-9-11-7(2)6-8(15)14(9)13-10/h6,15H,3-5H2,1-2H3/p-1. The molecule has 2 aromatic rings. The van der Waals surface area contributed by atoms with Crippen molar-refractivity contribution in [1.82, 2.24) is 19.6 Å². The van der Waals surface area contributed by atoms with Crippen LogP contribution in [-0.2, 0) is 0 Å². The minimum absolute atomic E-state index is 0.169. The van der Waals surface area contributed by atoms with Gasteiger partial charge in [0.05, 0.1) is 0 Å². The largest absolute Gasteiger partial charge is 0.858 e. The minimum atomic E-state index is -0.169. The summed E-state index contributed by atoms with van der Waals surface area (Å²) in [6, 6.07) is 1.46. The van der Waals surface area contributed by atoms with Crippen molar-refractivity contribution in [2.45, 2.75) is 31.8 Å². The highest BCUT2D eigenvalue weighted by Crippen LogP contribution is 2.17. The normalized spacial score (nSPS) is 11.1. The Labute approximate surface area is 97.9 Å². The van der Waals surface area contributed by atoms with Gasteiger partial charge < -0.3 is 5.11 Å². The predicted octanol–water partition coefficient (Wildman–Crippen LogP) is 1.40. The zero-order valence-electron chi connectivity index (χ0n) is 9.30. The average molecular weight is 237 g/mol. The molecule has 0 aliphatic carbocycles. The lowest BCUT2D eigenvalue weighted by atomic mass is 10.4. The van der Waals surface area contributed by atoms with Crippen LogP contribution >= 0.6 is 11.8 Å². The Bertz CT molecular complexity index is 497. The molecule has 0 aliphatic heterocycles. The summed E-state index contributed by atoms with van der Waals surface area (Å²) in [7, 11) is 0. The van der Waals surface area contributed by atoms with E-state index in [1.54, 1.807) is 18.7 Å². The van der Waals surface area contributed by atoms with E-state index >= 15 is 0 Å². The maximum atomic E-state index is 11.6. The topological polar surface area (TPSA) is 66.1 Å². The molecule has 86 valence electrons. The summed E-state index contributed by atoms with van der Waals surface area (Å²) in [4.78, 5) is 8.37. The second-order valence-corrected chi connectivity index (χ2v) is 4.61. The molecule has 0 aliphatic rings. The molecular formula is C10H13N4OS-. The van der Waals surface area contributed by atoms with Gasteiger partial charge in [0.15, 0.2) is 0 Å². The first-order valence-corrected chi connectivity index (χ1v) is 6.23. The van der Waals surface area contributed by atoms with Crippen LogP contribution in [0.3, 0.4) is 0 Å². The Kier molecular flexibility index (Phi) is 3.28. The van der Waals surface area contributed by atoms with Crippen LogP contribution in [0.25, 0.3) is 5.78 Å². The molecule has 0 saturated heterocycles. The van der Waals surface area contributed by atoms with E-state index in [1.807, 2.05) is 0 Å². The maximum Gasteiger partial charge on any atom is 0.252 e. The van der Waals surface area contributed by atoms with Gasteiger partial charge in [-0.2, -0.15) is 4.98 Å². The molecule has 0 spiro atoms. The summed E-state index contributed by atoms with van der Waals surface area (Å²) in [5.74, 6) is 1.20. The van der Waals surface area contributed by atoms with Crippen LogP contribution in [0.5, 0.6) is 5.88 Å². The zero-order valence-corrected chi connectivity index (χ0v) is 10.1. The third-order valence-electron chi connectivity index (χ3n) is 2.12. The number of aryl methyl sites for hydroxylation is 1. The molecule has 0 bridgehead atoms. The third-order valence-corrected chi connectivity index (χ3v) is 3.04. The van der Waals surface area contributed by atoms with Crippen molar-refractivity contribution in [3.63, 3.8) is 0 Å². The molecule has 16 heavy (non-hydrogen) atoms. The molecule has 0 saturated carbocycles. The molecule has 0 radical (unpaired) electrons. The van der Waals surface area contributed by atoms with Crippen LogP contribution in [0.2, 0.25) is 0 Å². The van der Waals surface area contributed by atoms with E-state index in [2.05, 4.69) is 22.0 Å². The molecule has 6 heteroatoms. The maximum absolute atomic E-state index is 11.6. The van der Waals surface area contributed by atoms with Crippen LogP contribution in [-0.4, -0.2) is 25.3 Å². The van der Waals surface area contributed by atoms with Crippen molar-refractivity contribution in [3.8, 4) is 5.88 Å². The van der Waals surface area contributed by atoms with Crippen LogP contribution in [0.1, 0.15) is 25.5 Å². The average Bonchev–Trinajstić information content (AvgIpc) is 2.61. The number of aromatic nitrogens is 4. The Morgan fingerprint density at radius 1 is 1.44 bits per heavy atom. The number of fused-ring (bicyclic) bond motifs is 1. The molecule has 0 unspecified atom stereocenters. The van der Waals surface area contributed by atoms with Gasteiger partial charge in [0.25, 0.3) is 5.78 Å². The number of nitrogens with zero attached hydrogens (tertiary/aromatic N) is 4.